The van der Waals surface area contributed by atoms with Crippen LogP contribution in [0.25, 0.3) is 10.9 Å². The van der Waals surface area contributed by atoms with E-state index in [1.165, 1.54) is 0 Å². The number of H-pyrrole nitrogens is 1. The summed E-state index contributed by atoms with van der Waals surface area (Å²) in [6, 6.07) is 14.0. The van der Waals surface area contributed by atoms with Crippen LogP contribution in [0.2, 0.25) is 5.28 Å². The van der Waals surface area contributed by atoms with Crippen molar-refractivity contribution < 1.29 is 9.18 Å². The Labute approximate surface area is 157 Å². The molecule has 27 heavy (non-hydrogen) atoms. The number of amides is 1. The molecular weight excluding hydrogens is 371 g/mol. The van der Waals surface area contributed by atoms with Gasteiger partial charge in [-0.05, 0) is 41.9 Å². The fourth-order valence-electron chi connectivity index (χ4n) is 2.53. The van der Waals surface area contributed by atoms with E-state index in [0.717, 1.165) is 6.20 Å². The van der Waals surface area contributed by atoms with Crippen LogP contribution in [-0.4, -0.2) is 26.1 Å². The largest absolute Gasteiger partial charge is 0.338 e. The molecule has 4 rings (SSSR count). The van der Waals surface area contributed by atoms with Crippen molar-refractivity contribution >= 4 is 45.7 Å². The molecule has 0 unspecified atom stereocenters. The molecule has 0 saturated heterocycles. The molecule has 0 aliphatic rings. The van der Waals surface area contributed by atoms with Gasteiger partial charge in [0.1, 0.15) is 0 Å². The first kappa shape index (κ1) is 16.9. The van der Waals surface area contributed by atoms with E-state index in [1.54, 1.807) is 42.5 Å². The van der Waals surface area contributed by atoms with Crippen molar-refractivity contribution in [3.05, 3.63) is 71.4 Å². The highest BCUT2D eigenvalue weighted by atomic mass is 35.5. The Morgan fingerprint density at radius 3 is 2.74 bits per heavy atom. The van der Waals surface area contributed by atoms with Gasteiger partial charge in [-0.15, -0.1) is 0 Å². The number of rotatable bonds is 4. The van der Waals surface area contributed by atoms with Gasteiger partial charge in [0, 0.05) is 16.6 Å². The average molecular weight is 383 g/mol. The first-order valence-electron chi connectivity index (χ1n) is 7.90. The number of anilines is 3. The van der Waals surface area contributed by atoms with Crippen LogP contribution in [0.4, 0.5) is 21.7 Å². The Morgan fingerprint density at radius 1 is 1.11 bits per heavy atom. The molecule has 134 valence electrons. The van der Waals surface area contributed by atoms with Crippen LogP contribution in [0.5, 0.6) is 0 Å². The van der Waals surface area contributed by atoms with E-state index in [9.17, 15) is 9.18 Å². The van der Waals surface area contributed by atoms with Crippen LogP contribution in [0.1, 0.15) is 10.4 Å². The minimum absolute atomic E-state index is 0.0484. The van der Waals surface area contributed by atoms with E-state index in [-0.39, 0.29) is 17.0 Å². The van der Waals surface area contributed by atoms with Crippen LogP contribution in [0.15, 0.2) is 54.7 Å². The molecule has 0 saturated carbocycles. The van der Waals surface area contributed by atoms with Crippen molar-refractivity contribution in [2.24, 2.45) is 0 Å². The number of benzene rings is 2. The highest BCUT2D eigenvalue weighted by molar-refractivity contribution is 6.28. The second kappa shape index (κ2) is 7.00. The summed E-state index contributed by atoms with van der Waals surface area (Å²) in [5.74, 6) is -0.600. The van der Waals surface area contributed by atoms with Crippen LogP contribution in [0.3, 0.4) is 0 Å². The minimum atomic E-state index is -0.635. The number of hydrogen-bond acceptors (Lipinski definition) is 5. The monoisotopic (exact) mass is 382 g/mol. The molecule has 7 nitrogen and oxygen atoms in total. The van der Waals surface area contributed by atoms with E-state index >= 15 is 0 Å². The zero-order chi connectivity index (χ0) is 18.8. The molecule has 9 heteroatoms. The normalized spacial score (nSPS) is 10.7. The number of carbonyl (C=O) groups excluding carboxylic acids is 1. The Morgan fingerprint density at radius 2 is 1.93 bits per heavy atom. The Balaban J connectivity index is 1.63. The van der Waals surface area contributed by atoms with Crippen LogP contribution < -0.4 is 10.6 Å². The molecule has 0 atom stereocenters. The summed E-state index contributed by atoms with van der Waals surface area (Å²) in [4.78, 5) is 19.7. The van der Waals surface area contributed by atoms with Gasteiger partial charge in [-0.1, -0.05) is 18.2 Å². The second-order valence-electron chi connectivity index (χ2n) is 5.61. The number of aromatic amines is 1. The fraction of sp³-hybridized carbons (Fsp3) is 0. The predicted octanol–water partition coefficient (Wildman–Crippen LogP) is 4.14. The predicted molar refractivity (Wildman–Crippen MR) is 101 cm³/mol. The Kier molecular flexibility index (Phi) is 4.39. The third-order valence-electron chi connectivity index (χ3n) is 3.81. The van der Waals surface area contributed by atoms with E-state index in [1.807, 2.05) is 6.07 Å². The average Bonchev–Trinajstić information content (AvgIpc) is 3.07. The standard InChI is InChI=1S/C18H12ClFN6O/c19-18-21-9-13(20)16(24-18)22-11-6-7-14-12(8-11)15(26-25-14)23-17(27)10-4-2-1-3-5-10/h1-9H,(H,21,22,24)(H2,23,25,26,27). The molecule has 3 N–H and O–H groups in total. The molecule has 0 spiro atoms. The van der Waals surface area contributed by atoms with Crippen molar-refractivity contribution in [3.63, 3.8) is 0 Å². The Hall–Kier alpha value is -3.52. The quantitative estimate of drug-likeness (QED) is 0.461. The SMILES string of the molecule is O=C(Nc1n[nH]c2ccc(Nc3nc(Cl)ncc3F)cc12)c1ccccc1. The van der Waals surface area contributed by atoms with E-state index in [2.05, 4.69) is 30.8 Å². The number of nitrogens with zero attached hydrogens (tertiary/aromatic N) is 3. The topological polar surface area (TPSA) is 95.6 Å². The summed E-state index contributed by atoms with van der Waals surface area (Å²) in [6.45, 7) is 0. The summed E-state index contributed by atoms with van der Waals surface area (Å²) in [6.07, 6.45) is 0.986. The molecule has 0 aliphatic carbocycles. The minimum Gasteiger partial charge on any atom is -0.338 e. The van der Waals surface area contributed by atoms with Crippen molar-refractivity contribution in [2.45, 2.75) is 0 Å². The van der Waals surface area contributed by atoms with Gasteiger partial charge in [-0.25, -0.2) is 9.37 Å². The number of hydrogen-bond donors (Lipinski definition) is 3. The van der Waals surface area contributed by atoms with E-state index in [4.69, 9.17) is 11.6 Å². The van der Waals surface area contributed by atoms with Gasteiger partial charge < -0.3 is 10.6 Å². The molecule has 2 aromatic heterocycles. The third kappa shape index (κ3) is 3.56. The molecule has 1 amide bonds. The highest BCUT2D eigenvalue weighted by Gasteiger charge is 2.12. The van der Waals surface area contributed by atoms with Gasteiger partial charge in [-0.2, -0.15) is 10.1 Å². The number of fused-ring (bicyclic) bond motifs is 1. The summed E-state index contributed by atoms with van der Waals surface area (Å²) in [5, 5.41) is 13.2. The van der Waals surface area contributed by atoms with E-state index < -0.39 is 5.82 Å². The van der Waals surface area contributed by atoms with Gasteiger partial charge in [0.15, 0.2) is 17.5 Å². The van der Waals surface area contributed by atoms with Crippen LogP contribution in [-0.2, 0) is 0 Å². The maximum atomic E-state index is 13.8. The van der Waals surface area contributed by atoms with Gasteiger partial charge in [0.05, 0.1) is 11.7 Å². The lowest BCUT2D eigenvalue weighted by atomic mass is 10.2. The van der Waals surface area contributed by atoms with Gasteiger partial charge in [0.2, 0.25) is 5.28 Å². The lowest BCUT2D eigenvalue weighted by molar-refractivity contribution is 0.102. The smallest absolute Gasteiger partial charge is 0.256 e. The van der Waals surface area contributed by atoms with Crippen LogP contribution in [0, 0.1) is 5.82 Å². The number of aromatic nitrogens is 4. The molecule has 2 heterocycles. The lowest BCUT2D eigenvalue weighted by Gasteiger charge is -2.07. The van der Waals surface area contributed by atoms with E-state index in [0.29, 0.717) is 28.0 Å². The molecule has 0 radical (unpaired) electrons. The zero-order valence-electron chi connectivity index (χ0n) is 13.7. The van der Waals surface area contributed by atoms with Crippen molar-refractivity contribution in [3.8, 4) is 0 Å². The Bertz CT molecular complexity index is 1130. The maximum absolute atomic E-state index is 13.8. The van der Waals surface area contributed by atoms with Gasteiger partial charge >= 0.3 is 0 Å². The van der Waals surface area contributed by atoms with Gasteiger partial charge in [-0.3, -0.25) is 9.89 Å². The molecule has 0 fully saturated rings. The molecule has 4 aromatic rings. The first-order valence-corrected chi connectivity index (χ1v) is 8.27. The molecular formula is C18H12ClFN6O. The van der Waals surface area contributed by atoms with Gasteiger partial charge in [0.25, 0.3) is 5.91 Å². The number of nitrogens with one attached hydrogen (secondary N) is 3. The maximum Gasteiger partial charge on any atom is 0.256 e. The summed E-state index contributed by atoms with van der Waals surface area (Å²) in [7, 11) is 0. The number of halogens is 2. The van der Waals surface area contributed by atoms with Crippen molar-refractivity contribution in [2.75, 3.05) is 10.6 Å². The molecule has 0 bridgehead atoms. The first-order chi connectivity index (χ1) is 13.1. The lowest BCUT2D eigenvalue weighted by Crippen LogP contribution is -2.12. The van der Waals surface area contributed by atoms with Crippen LogP contribution >= 0.6 is 11.6 Å². The molecule has 2 aromatic carbocycles. The number of carbonyl (C=O) groups is 1. The zero-order valence-corrected chi connectivity index (χ0v) is 14.5. The summed E-state index contributed by atoms with van der Waals surface area (Å²) in [5.41, 5.74) is 1.78. The fourth-order valence-corrected chi connectivity index (χ4v) is 2.66. The second-order valence-corrected chi connectivity index (χ2v) is 5.95. The summed E-state index contributed by atoms with van der Waals surface area (Å²) >= 11 is 5.71. The van der Waals surface area contributed by atoms with Crippen molar-refractivity contribution in [1.82, 2.24) is 20.2 Å². The molecule has 0 aliphatic heterocycles. The third-order valence-corrected chi connectivity index (χ3v) is 3.99. The summed E-state index contributed by atoms with van der Waals surface area (Å²) < 4.78 is 13.8. The van der Waals surface area contributed by atoms with Crippen molar-refractivity contribution in [1.29, 1.82) is 0 Å². The highest BCUT2D eigenvalue weighted by Crippen LogP contribution is 2.27.